The Balaban J connectivity index is 1.64. The molecule has 0 spiro atoms. The van der Waals surface area contributed by atoms with Crippen LogP contribution in [0.5, 0.6) is 0 Å². The van der Waals surface area contributed by atoms with Crippen molar-refractivity contribution in [1.29, 1.82) is 5.26 Å². The molecule has 1 aromatic carbocycles. The topological polar surface area (TPSA) is 113 Å². The lowest BCUT2D eigenvalue weighted by molar-refractivity contribution is -0.146. The van der Waals surface area contributed by atoms with E-state index in [0.717, 1.165) is 5.56 Å². The summed E-state index contributed by atoms with van der Waals surface area (Å²) >= 11 is 7.34. The molecule has 1 N–H and O–H groups in total. The van der Waals surface area contributed by atoms with Crippen molar-refractivity contribution in [3.63, 3.8) is 0 Å². The lowest BCUT2D eigenvalue weighted by atomic mass is 10.1. The Morgan fingerprint density at radius 2 is 2.12 bits per heavy atom. The number of carbonyl (C=O) groups excluding carboxylic acids is 2. The van der Waals surface area contributed by atoms with E-state index < -0.39 is 12.0 Å². The van der Waals surface area contributed by atoms with E-state index in [4.69, 9.17) is 21.6 Å². The van der Waals surface area contributed by atoms with Crippen LogP contribution in [0, 0.1) is 11.3 Å². The van der Waals surface area contributed by atoms with Crippen molar-refractivity contribution in [2.45, 2.75) is 25.6 Å². The molecule has 11 heteroatoms. The maximum absolute atomic E-state index is 12.6. The molecule has 0 saturated carbocycles. The monoisotopic (exact) mass is 486 g/mol. The number of amides is 1. The van der Waals surface area contributed by atoms with Crippen LogP contribution < -0.4 is 5.32 Å². The molecule has 0 radical (unpaired) electrons. The average molecular weight is 487 g/mol. The van der Waals surface area contributed by atoms with E-state index in [2.05, 4.69) is 15.4 Å². The summed E-state index contributed by atoms with van der Waals surface area (Å²) < 4.78 is 6.56. The molecule has 3 rings (SSSR count). The summed E-state index contributed by atoms with van der Waals surface area (Å²) in [6, 6.07) is 8.12. The highest BCUT2D eigenvalue weighted by Gasteiger charge is 2.28. The summed E-state index contributed by atoms with van der Waals surface area (Å²) in [6.07, 6.45) is 1.81. The van der Waals surface area contributed by atoms with Crippen LogP contribution in [0.3, 0.4) is 0 Å². The van der Waals surface area contributed by atoms with E-state index in [1.165, 1.54) is 18.4 Å². The quantitative estimate of drug-likeness (QED) is 0.486. The summed E-state index contributed by atoms with van der Waals surface area (Å²) in [6.45, 7) is 2.30. The summed E-state index contributed by atoms with van der Waals surface area (Å²) in [7, 11) is 4.81. The van der Waals surface area contributed by atoms with Crippen molar-refractivity contribution >= 4 is 34.8 Å². The third-order valence-corrected chi connectivity index (χ3v) is 6.00. The fourth-order valence-electron chi connectivity index (χ4n) is 3.17. The molecular formula is C22H23ClN6O3S. The molecule has 2 heterocycles. The van der Waals surface area contributed by atoms with Crippen LogP contribution in [0.4, 0.5) is 0 Å². The van der Waals surface area contributed by atoms with Crippen LogP contribution in [0.25, 0.3) is 11.3 Å². The minimum Gasteiger partial charge on any atom is -0.468 e. The van der Waals surface area contributed by atoms with Gasteiger partial charge >= 0.3 is 5.97 Å². The molecule has 3 aromatic rings. The fourth-order valence-corrected chi connectivity index (χ4v) is 4.37. The van der Waals surface area contributed by atoms with Gasteiger partial charge in [0.1, 0.15) is 16.8 Å². The number of esters is 1. The molecular weight excluding hydrogens is 464 g/mol. The van der Waals surface area contributed by atoms with Crippen LogP contribution in [0.2, 0.25) is 5.02 Å². The second-order valence-corrected chi connectivity index (χ2v) is 8.86. The number of halogens is 1. The second kappa shape index (κ2) is 10.6. The predicted molar refractivity (Wildman–Crippen MR) is 125 cm³/mol. The highest BCUT2D eigenvalue weighted by molar-refractivity contribution is 7.10. The number of hydrogen-bond acceptors (Lipinski definition) is 8. The van der Waals surface area contributed by atoms with Gasteiger partial charge in [-0.3, -0.25) is 14.4 Å². The molecule has 0 aliphatic carbocycles. The van der Waals surface area contributed by atoms with Gasteiger partial charge in [0.2, 0.25) is 0 Å². The number of aromatic nitrogens is 3. The summed E-state index contributed by atoms with van der Waals surface area (Å²) in [4.78, 5) is 30.7. The third-order valence-electron chi connectivity index (χ3n) is 4.79. The molecule has 2 atom stereocenters. The van der Waals surface area contributed by atoms with Crippen LogP contribution in [-0.4, -0.2) is 58.8 Å². The van der Waals surface area contributed by atoms with E-state index >= 15 is 0 Å². The van der Waals surface area contributed by atoms with Gasteiger partial charge in [-0.1, -0.05) is 17.7 Å². The minimum absolute atomic E-state index is 0.231. The average Bonchev–Trinajstić information content (AvgIpc) is 3.43. The van der Waals surface area contributed by atoms with Gasteiger partial charge in [0.05, 0.1) is 29.9 Å². The zero-order chi connectivity index (χ0) is 24.1. The molecule has 9 nitrogen and oxygen atoms in total. The van der Waals surface area contributed by atoms with Crippen molar-refractivity contribution in [3.8, 4) is 17.3 Å². The number of rotatable bonds is 8. The van der Waals surface area contributed by atoms with Crippen molar-refractivity contribution in [3.05, 3.63) is 57.1 Å². The van der Waals surface area contributed by atoms with Gasteiger partial charge in [-0.15, -0.1) is 11.3 Å². The Bertz CT molecular complexity index is 1200. The molecule has 0 aliphatic heterocycles. The zero-order valence-corrected chi connectivity index (χ0v) is 20.1. The van der Waals surface area contributed by atoms with Gasteiger partial charge in [0.15, 0.2) is 6.04 Å². The first-order valence-corrected chi connectivity index (χ1v) is 11.2. The highest BCUT2D eigenvalue weighted by Crippen LogP contribution is 2.25. The number of likely N-dealkylation sites (N-methyl/N-ethyl adjacent to an activating group) is 1. The normalized spacial score (nSPS) is 12.8. The van der Waals surface area contributed by atoms with Crippen LogP contribution in [0.15, 0.2) is 35.8 Å². The largest absolute Gasteiger partial charge is 0.468 e. The predicted octanol–water partition coefficient (Wildman–Crippen LogP) is 3.13. The standard InChI is InChI=1S/C22H23ClN6O3S/c1-13(11-29-8-7-17(27-29)14-5-6-15(10-24)16(23)9-14)25-20(30)18-12-33-21(26-18)19(28(2)3)22(31)32-4/h5-9,12-13,19H,11H2,1-4H3,(H,25,30)/t13-,19?/m1/s1. The molecule has 172 valence electrons. The van der Waals surface area contributed by atoms with E-state index in [0.29, 0.717) is 27.8 Å². The lowest BCUT2D eigenvalue weighted by Gasteiger charge is -2.19. The summed E-state index contributed by atoms with van der Waals surface area (Å²) in [5, 5.41) is 18.9. The van der Waals surface area contributed by atoms with Gasteiger partial charge < -0.3 is 10.1 Å². The molecule has 0 saturated heterocycles. The van der Waals surface area contributed by atoms with E-state index in [1.54, 1.807) is 47.3 Å². The Hall–Kier alpha value is -3.26. The van der Waals surface area contributed by atoms with E-state index in [9.17, 15) is 9.59 Å². The lowest BCUT2D eigenvalue weighted by Crippen LogP contribution is -2.36. The van der Waals surface area contributed by atoms with Gasteiger partial charge in [-0.2, -0.15) is 10.4 Å². The first-order valence-electron chi connectivity index (χ1n) is 9.97. The molecule has 0 fully saturated rings. The number of benzene rings is 1. The molecule has 33 heavy (non-hydrogen) atoms. The summed E-state index contributed by atoms with van der Waals surface area (Å²) in [5.74, 6) is -0.772. The van der Waals surface area contributed by atoms with Crippen molar-refractivity contribution in [1.82, 2.24) is 25.0 Å². The van der Waals surface area contributed by atoms with Gasteiger partial charge in [0.25, 0.3) is 5.91 Å². The first-order chi connectivity index (χ1) is 15.7. The maximum Gasteiger partial charge on any atom is 0.330 e. The number of carbonyl (C=O) groups is 2. The highest BCUT2D eigenvalue weighted by atomic mass is 35.5. The zero-order valence-electron chi connectivity index (χ0n) is 18.6. The molecule has 0 aliphatic rings. The smallest absolute Gasteiger partial charge is 0.330 e. The third kappa shape index (κ3) is 5.76. The number of nitrogens with zero attached hydrogens (tertiary/aromatic N) is 5. The molecule has 0 bridgehead atoms. The first kappa shape index (κ1) is 24.4. The number of thiazole rings is 1. The number of hydrogen-bond donors (Lipinski definition) is 1. The van der Waals surface area contributed by atoms with Gasteiger partial charge in [-0.05, 0) is 39.2 Å². The maximum atomic E-state index is 12.6. The SMILES string of the molecule is COC(=O)C(c1nc(C(=O)N[C@H](C)Cn2ccc(-c3ccc(C#N)c(Cl)c3)n2)cs1)N(C)C. The van der Waals surface area contributed by atoms with Gasteiger partial charge in [0, 0.05) is 23.2 Å². The number of nitriles is 1. The van der Waals surface area contributed by atoms with E-state index in [1.807, 2.05) is 25.3 Å². The Labute approximate surface area is 200 Å². The summed E-state index contributed by atoms with van der Waals surface area (Å²) in [5.41, 5.74) is 2.16. The Morgan fingerprint density at radius 3 is 2.76 bits per heavy atom. The van der Waals surface area contributed by atoms with Crippen molar-refractivity contribution in [2.24, 2.45) is 0 Å². The van der Waals surface area contributed by atoms with Crippen LogP contribution in [0.1, 0.15) is 34.0 Å². The second-order valence-electron chi connectivity index (χ2n) is 7.56. The van der Waals surface area contributed by atoms with Gasteiger partial charge in [-0.25, -0.2) is 9.78 Å². The van der Waals surface area contributed by atoms with Crippen molar-refractivity contribution in [2.75, 3.05) is 21.2 Å². The Kier molecular flexibility index (Phi) is 7.81. The molecule has 1 amide bonds. The number of ether oxygens (including phenoxy) is 1. The number of methoxy groups -OCH3 is 1. The number of nitrogens with one attached hydrogen (secondary N) is 1. The molecule has 1 unspecified atom stereocenters. The Morgan fingerprint density at radius 1 is 1.36 bits per heavy atom. The minimum atomic E-state index is -0.669. The van der Waals surface area contributed by atoms with Crippen LogP contribution in [-0.2, 0) is 16.1 Å². The fraction of sp³-hybridized carbons (Fsp3) is 0.318. The van der Waals surface area contributed by atoms with Crippen LogP contribution >= 0.6 is 22.9 Å². The molecule has 2 aromatic heterocycles. The van der Waals surface area contributed by atoms with E-state index in [-0.39, 0.29) is 17.6 Å². The van der Waals surface area contributed by atoms with Crippen molar-refractivity contribution < 1.29 is 14.3 Å².